The minimum atomic E-state index is -0.279. The monoisotopic (exact) mass is 544 g/mol. The molecule has 0 aliphatic carbocycles. The van der Waals surface area contributed by atoms with Gasteiger partial charge in [0.1, 0.15) is 5.84 Å². The van der Waals surface area contributed by atoms with E-state index in [2.05, 4.69) is 17.0 Å². The number of para-hydroxylation sites is 2. The van der Waals surface area contributed by atoms with Crippen LogP contribution in [-0.2, 0) is 11.2 Å². The number of nitrogens with one attached hydrogen (secondary N) is 2. The standard InChI is InChI=1S/C31H38N4O3.H2N2/c1-34(25-13-8-5-9-14-25)31(36)24-18-21-35(22-19-24)28(26-15-10-16-27(37-2)29(26)38-3)30(32)33-20-17-23-11-6-4-7-12-23;1-2/h4-16,24,28H,17-22H2,1-3H3,(H2,32,33);1-2H. The van der Waals surface area contributed by atoms with Crippen molar-refractivity contribution in [3.05, 3.63) is 90.0 Å². The smallest absolute Gasteiger partial charge is 0.229 e. The molecule has 9 heteroatoms. The van der Waals surface area contributed by atoms with E-state index in [9.17, 15) is 4.79 Å². The van der Waals surface area contributed by atoms with Crippen molar-refractivity contribution in [1.82, 2.24) is 4.90 Å². The Labute approximate surface area is 236 Å². The van der Waals surface area contributed by atoms with Crippen LogP contribution in [0.1, 0.15) is 30.0 Å². The molecule has 1 atom stereocenters. The van der Waals surface area contributed by atoms with Gasteiger partial charge in [-0.15, -0.1) is 0 Å². The first-order valence-corrected chi connectivity index (χ1v) is 13.4. The Bertz CT molecular complexity index is 1230. The van der Waals surface area contributed by atoms with Gasteiger partial charge in [0, 0.05) is 30.8 Å². The van der Waals surface area contributed by atoms with Gasteiger partial charge in [-0.1, -0.05) is 60.7 Å². The van der Waals surface area contributed by atoms with Crippen molar-refractivity contribution in [2.24, 2.45) is 16.6 Å². The number of carbonyl (C=O) groups excluding carboxylic acids is 1. The molecule has 3 aromatic carbocycles. The SMILES string of the molecule is COc1cccc(C(C(N)=NCCc2ccccc2)N2CCC(C(=O)N(C)c3ccccc3)CC2)c1OC.N=N. The van der Waals surface area contributed by atoms with Crippen LogP contribution in [0.4, 0.5) is 5.69 Å². The Morgan fingerprint density at radius 2 is 1.60 bits per heavy atom. The molecule has 1 aliphatic rings. The van der Waals surface area contributed by atoms with Crippen LogP contribution in [-0.4, -0.2) is 57.5 Å². The van der Waals surface area contributed by atoms with Gasteiger partial charge in [-0.05, 0) is 56.1 Å². The first-order chi connectivity index (χ1) is 19.5. The second kappa shape index (κ2) is 15.4. The minimum absolute atomic E-state index is 0.0412. The molecule has 1 unspecified atom stereocenters. The van der Waals surface area contributed by atoms with Crippen LogP contribution in [0.3, 0.4) is 0 Å². The number of nitrogens with two attached hydrogens (primary N) is 1. The van der Waals surface area contributed by atoms with Gasteiger partial charge in [0.2, 0.25) is 5.91 Å². The van der Waals surface area contributed by atoms with E-state index in [0.717, 1.165) is 43.6 Å². The maximum Gasteiger partial charge on any atom is 0.229 e. The summed E-state index contributed by atoms with van der Waals surface area (Å²) >= 11 is 0. The van der Waals surface area contributed by atoms with Crippen LogP contribution in [0.15, 0.2) is 83.9 Å². The van der Waals surface area contributed by atoms with Gasteiger partial charge in [0.15, 0.2) is 11.5 Å². The topological polar surface area (TPSA) is 128 Å². The fourth-order valence-corrected chi connectivity index (χ4v) is 5.17. The molecular weight excluding hydrogens is 504 g/mol. The summed E-state index contributed by atoms with van der Waals surface area (Å²) in [5, 5.41) is 0. The molecule has 40 heavy (non-hydrogen) atoms. The van der Waals surface area contributed by atoms with Crippen molar-refractivity contribution < 1.29 is 14.3 Å². The summed E-state index contributed by atoms with van der Waals surface area (Å²) in [7, 11) is 5.13. The van der Waals surface area contributed by atoms with Crippen molar-refractivity contribution in [3.8, 4) is 11.5 Å². The summed E-state index contributed by atoms with van der Waals surface area (Å²) in [6.45, 7) is 2.04. The fraction of sp³-hybridized carbons (Fsp3) is 0.355. The third-order valence-electron chi connectivity index (χ3n) is 7.26. The van der Waals surface area contributed by atoms with Crippen LogP contribution in [0.2, 0.25) is 0 Å². The number of aliphatic imine (C=N–C) groups is 1. The normalized spacial score (nSPS) is 14.9. The fourth-order valence-electron chi connectivity index (χ4n) is 5.17. The first-order valence-electron chi connectivity index (χ1n) is 13.4. The highest BCUT2D eigenvalue weighted by Crippen LogP contribution is 2.38. The second-order valence-electron chi connectivity index (χ2n) is 9.57. The van der Waals surface area contributed by atoms with Gasteiger partial charge in [0.25, 0.3) is 0 Å². The number of methoxy groups -OCH3 is 2. The highest BCUT2D eigenvalue weighted by molar-refractivity contribution is 5.94. The lowest BCUT2D eigenvalue weighted by Crippen LogP contribution is -2.46. The van der Waals surface area contributed by atoms with Crippen LogP contribution >= 0.6 is 0 Å². The van der Waals surface area contributed by atoms with Gasteiger partial charge in [-0.3, -0.25) is 14.7 Å². The van der Waals surface area contributed by atoms with Gasteiger partial charge < -0.3 is 20.1 Å². The first kappa shape index (κ1) is 30.3. The van der Waals surface area contributed by atoms with E-state index < -0.39 is 0 Å². The molecule has 0 aromatic heterocycles. The largest absolute Gasteiger partial charge is 0.493 e. The number of ether oxygens (including phenoxy) is 2. The molecule has 0 saturated carbocycles. The Balaban J connectivity index is 0.00000216. The summed E-state index contributed by atoms with van der Waals surface area (Å²) in [5.41, 5.74) is 19.8. The zero-order valence-electron chi connectivity index (χ0n) is 23.5. The van der Waals surface area contributed by atoms with Crippen molar-refractivity contribution in [3.63, 3.8) is 0 Å². The average molecular weight is 545 g/mol. The number of nitrogens with zero attached hydrogens (tertiary/aromatic N) is 3. The highest BCUT2D eigenvalue weighted by atomic mass is 16.5. The van der Waals surface area contributed by atoms with Crippen molar-refractivity contribution in [2.75, 3.05) is 45.8 Å². The number of rotatable bonds is 10. The summed E-state index contributed by atoms with van der Waals surface area (Å²) < 4.78 is 11.4. The number of carbonyl (C=O) groups is 1. The molecule has 4 N–H and O–H groups in total. The molecule has 9 nitrogen and oxygen atoms in total. The molecule has 1 amide bonds. The maximum atomic E-state index is 13.3. The van der Waals surface area contributed by atoms with Gasteiger partial charge in [-0.25, -0.2) is 11.1 Å². The average Bonchev–Trinajstić information content (AvgIpc) is 3.02. The summed E-state index contributed by atoms with van der Waals surface area (Å²) in [6, 6.07) is 25.6. The number of benzene rings is 3. The quantitative estimate of drug-likeness (QED) is 0.181. The molecule has 212 valence electrons. The predicted octanol–water partition coefficient (Wildman–Crippen LogP) is 5.32. The molecule has 4 rings (SSSR count). The summed E-state index contributed by atoms with van der Waals surface area (Å²) in [6.07, 6.45) is 2.30. The molecule has 1 saturated heterocycles. The van der Waals surface area contributed by atoms with Crippen molar-refractivity contribution in [2.45, 2.75) is 25.3 Å². The van der Waals surface area contributed by atoms with E-state index in [4.69, 9.17) is 31.3 Å². The third-order valence-corrected chi connectivity index (χ3v) is 7.26. The Morgan fingerprint density at radius 3 is 2.20 bits per heavy atom. The van der Waals surface area contributed by atoms with Gasteiger partial charge >= 0.3 is 0 Å². The van der Waals surface area contributed by atoms with Gasteiger partial charge in [0.05, 0.1) is 20.3 Å². The Morgan fingerprint density at radius 1 is 0.975 bits per heavy atom. The van der Waals surface area contributed by atoms with Gasteiger partial charge in [-0.2, -0.15) is 0 Å². The number of amides is 1. The van der Waals surface area contributed by atoms with E-state index in [1.807, 2.05) is 73.8 Å². The molecule has 0 radical (unpaired) electrons. The summed E-state index contributed by atoms with van der Waals surface area (Å²) in [4.78, 5) is 22.1. The van der Waals surface area contributed by atoms with E-state index in [-0.39, 0.29) is 17.9 Å². The lowest BCUT2D eigenvalue weighted by molar-refractivity contribution is -0.123. The van der Waals surface area contributed by atoms with Crippen LogP contribution < -0.4 is 20.1 Å². The zero-order chi connectivity index (χ0) is 28.9. The number of amidine groups is 1. The van der Waals surface area contributed by atoms with E-state index >= 15 is 0 Å². The number of hydrogen-bond donors (Lipinski definition) is 3. The van der Waals surface area contributed by atoms with Crippen LogP contribution in [0.5, 0.6) is 11.5 Å². The molecule has 1 fully saturated rings. The predicted molar refractivity (Wildman–Crippen MR) is 159 cm³/mol. The molecule has 0 bridgehead atoms. The number of anilines is 1. The molecule has 3 aromatic rings. The minimum Gasteiger partial charge on any atom is -0.493 e. The van der Waals surface area contributed by atoms with Crippen LogP contribution in [0.25, 0.3) is 0 Å². The lowest BCUT2D eigenvalue weighted by atomic mass is 9.92. The van der Waals surface area contributed by atoms with Crippen LogP contribution in [0, 0.1) is 17.0 Å². The van der Waals surface area contributed by atoms with E-state index in [1.54, 1.807) is 19.1 Å². The number of hydrogen-bond acceptors (Lipinski definition) is 7. The Kier molecular flexibility index (Phi) is 11.6. The number of piperidine rings is 1. The maximum absolute atomic E-state index is 13.3. The van der Waals surface area contributed by atoms with E-state index in [0.29, 0.717) is 23.9 Å². The molecule has 1 aliphatic heterocycles. The van der Waals surface area contributed by atoms with Crippen molar-refractivity contribution in [1.29, 1.82) is 11.1 Å². The molecular formula is C31H40N6O3. The third kappa shape index (κ3) is 7.45. The number of likely N-dealkylation sites (tertiary alicyclic amines) is 1. The lowest BCUT2D eigenvalue weighted by Gasteiger charge is -2.38. The zero-order valence-corrected chi connectivity index (χ0v) is 23.5. The Hall–Kier alpha value is -4.24. The second-order valence-corrected chi connectivity index (χ2v) is 9.57. The highest BCUT2D eigenvalue weighted by Gasteiger charge is 2.34. The molecule has 0 spiro atoms. The van der Waals surface area contributed by atoms with E-state index in [1.165, 1.54) is 5.56 Å². The molecule has 1 heterocycles. The van der Waals surface area contributed by atoms with Crippen molar-refractivity contribution >= 4 is 17.4 Å². The summed E-state index contributed by atoms with van der Waals surface area (Å²) in [5.74, 6) is 1.96.